The second kappa shape index (κ2) is 14.8. The van der Waals surface area contributed by atoms with Crippen LogP contribution in [0.1, 0.15) is 44.7 Å². The summed E-state index contributed by atoms with van der Waals surface area (Å²) >= 11 is 24.9. The van der Waals surface area contributed by atoms with Gasteiger partial charge in [0.1, 0.15) is 12.6 Å². The highest BCUT2D eigenvalue weighted by Gasteiger charge is 2.34. The van der Waals surface area contributed by atoms with Crippen molar-refractivity contribution < 1.29 is 18.0 Å². The highest BCUT2D eigenvalue weighted by molar-refractivity contribution is 7.92. The van der Waals surface area contributed by atoms with Crippen LogP contribution in [0, 0.1) is 6.92 Å². The summed E-state index contributed by atoms with van der Waals surface area (Å²) < 4.78 is 28.9. The van der Waals surface area contributed by atoms with Gasteiger partial charge in [0.15, 0.2) is 0 Å². The second-order valence-electron chi connectivity index (χ2n) is 9.92. The molecule has 0 radical (unpaired) electrons. The van der Waals surface area contributed by atoms with E-state index in [9.17, 15) is 18.0 Å². The van der Waals surface area contributed by atoms with Gasteiger partial charge in [-0.3, -0.25) is 13.9 Å². The van der Waals surface area contributed by atoms with Gasteiger partial charge in [-0.2, -0.15) is 0 Å². The number of nitrogens with one attached hydrogen (secondary N) is 1. The predicted octanol–water partition coefficient (Wildman–Crippen LogP) is 7.53. The lowest BCUT2D eigenvalue weighted by Gasteiger charge is -2.34. The number of hydrogen-bond donors (Lipinski definition) is 1. The van der Waals surface area contributed by atoms with E-state index in [0.717, 1.165) is 9.87 Å². The van der Waals surface area contributed by atoms with Crippen LogP contribution in [0.5, 0.6) is 0 Å². The fourth-order valence-electron chi connectivity index (χ4n) is 4.20. The monoisotopic (exact) mass is 671 g/mol. The Labute approximate surface area is 267 Å². The summed E-state index contributed by atoms with van der Waals surface area (Å²) in [6.45, 7) is 6.75. The first-order chi connectivity index (χ1) is 19.8. The van der Waals surface area contributed by atoms with Crippen LogP contribution >= 0.6 is 46.4 Å². The number of aryl methyl sites for hydroxylation is 1. The van der Waals surface area contributed by atoms with Crippen molar-refractivity contribution in [3.8, 4) is 0 Å². The van der Waals surface area contributed by atoms with Crippen molar-refractivity contribution >= 4 is 73.9 Å². The summed E-state index contributed by atoms with van der Waals surface area (Å²) in [5, 5.41) is 4.01. The zero-order chi connectivity index (χ0) is 31.2. The van der Waals surface area contributed by atoms with Crippen molar-refractivity contribution in [3.63, 3.8) is 0 Å². The van der Waals surface area contributed by atoms with Gasteiger partial charge < -0.3 is 10.2 Å². The van der Waals surface area contributed by atoms with E-state index in [-0.39, 0.29) is 45.5 Å². The first-order valence-corrected chi connectivity index (χ1v) is 16.3. The first-order valence-electron chi connectivity index (χ1n) is 13.4. The van der Waals surface area contributed by atoms with E-state index in [1.807, 2.05) is 20.8 Å². The predicted molar refractivity (Wildman–Crippen MR) is 171 cm³/mol. The number of carbonyl (C=O) groups is 2. The normalized spacial score (nSPS) is 12.9. The number of hydrogen-bond acceptors (Lipinski definition) is 4. The molecule has 12 heteroatoms. The molecule has 42 heavy (non-hydrogen) atoms. The zero-order valence-corrected chi connectivity index (χ0v) is 27.5. The molecule has 0 aliphatic heterocycles. The molecule has 0 aromatic heterocycles. The molecule has 0 aliphatic carbocycles. The van der Waals surface area contributed by atoms with E-state index < -0.39 is 28.5 Å². The Kier molecular flexibility index (Phi) is 12.0. The van der Waals surface area contributed by atoms with Crippen LogP contribution in [0.2, 0.25) is 20.1 Å². The van der Waals surface area contributed by atoms with Crippen LogP contribution in [0.15, 0.2) is 65.6 Å². The van der Waals surface area contributed by atoms with Crippen molar-refractivity contribution in [3.05, 3.63) is 91.9 Å². The molecule has 2 atom stereocenters. The van der Waals surface area contributed by atoms with Gasteiger partial charge >= 0.3 is 0 Å². The molecule has 3 aromatic carbocycles. The average Bonchev–Trinajstić information content (AvgIpc) is 2.94. The van der Waals surface area contributed by atoms with Crippen LogP contribution in [0.3, 0.4) is 0 Å². The summed E-state index contributed by atoms with van der Waals surface area (Å²) in [7, 11) is -4.25. The summed E-state index contributed by atoms with van der Waals surface area (Å²) in [5.41, 5.74) is 1.56. The lowest BCUT2D eigenvalue weighted by Crippen LogP contribution is -2.53. The van der Waals surface area contributed by atoms with Gasteiger partial charge in [0.2, 0.25) is 11.8 Å². The molecule has 0 saturated carbocycles. The van der Waals surface area contributed by atoms with Crippen LogP contribution < -0.4 is 9.62 Å². The highest BCUT2D eigenvalue weighted by atomic mass is 35.5. The molecule has 0 aliphatic rings. The number of sulfonamides is 1. The Hall–Kier alpha value is -2.49. The fraction of sp³-hybridized carbons (Fsp3) is 0.333. The van der Waals surface area contributed by atoms with Crippen molar-refractivity contribution in [1.82, 2.24) is 10.2 Å². The Bertz CT molecular complexity index is 1530. The van der Waals surface area contributed by atoms with E-state index in [0.29, 0.717) is 22.0 Å². The van der Waals surface area contributed by atoms with Crippen molar-refractivity contribution in [2.75, 3.05) is 10.8 Å². The third-order valence-electron chi connectivity index (χ3n) is 6.82. The van der Waals surface area contributed by atoms with Gasteiger partial charge in [-0.15, -0.1) is 0 Å². The molecule has 7 nitrogen and oxygen atoms in total. The van der Waals surface area contributed by atoms with Crippen LogP contribution in [-0.2, 0) is 26.2 Å². The van der Waals surface area contributed by atoms with Gasteiger partial charge in [-0.05, 0) is 74.7 Å². The van der Waals surface area contributed by atoms with E-state index in [1.165, 1.54) is 35.2 Å². The van der Waals surface area contributed by atoms with Crippen molar-refractivity contribution in [2.45, 2.75) is 64.1 Å². The van der Waals surface area contributed by atoms with Gasteiger partial charge in [0, 0.05) is 22.6 Å². The number of amides is 2. The van der Waals surface area contributed by atoms with E-state index in [2.05, 4.69) is 5.32 Å². The number of nitrogens with zero attached hydrogens (tertiary/aromatic N) is 2. The first kappa shape index (κ1) is 34.0. The molecule has 1 N–H and O–H groups in total. The number of carbonyl (C=O) groups excluding carboxylic acids is 2. The smallest absolute Gasteiger partial charge is 0.264 e. The van der Waals surface area contributed by atoms with E-state index in [1.54, 1.807) is 37.3 Å². The quantitative estimate of drug-likeness (QED) is 0.216. The largest absolute Gasteiger partial charge is 0.352 e. The maximum atomic E-state index is 14.2. The summed E-state index contributed by atoms with van der Waals surface area (Å²) in [6, 6.07) is 14.4. The number of benzene rings is 3. The van der Waals surface area contributed by atoms with Gasteiger partial charge in [-0.25, -0.2) is 8.42 Å². The number of rotatable bonds is 12. The maximum absolute atomic E-state index is 14.2. The van der Waals surface area contributed by atoms with Crippen LogP contribution in [-0.4, -0.2) is 43.8 Å². The molecule has 0 bridgehead atoms. The summed E-state index contributed by atoms with van der Waals surface area (Å²) in [6.07, 6.45) is 0.968. The van der Waals surface area contributed by atoms with Gasteiger partial charge in [-0.1, -0.05) is 84.0 Å². The molecule has 0 spiro atoms. The summed E-state index contributed by atoms with van der Waals surface area (Å²) in [5.74, 6) is -0.971. The van der Waals surface area contributed by atoms with Gasteiger partial charge in [0.05, 0.1) is 20.6 Å². The third-order valence-corrected chi connectivity index (χ3v) is 9.94. The molecule has 0 fully saturated rings. The third kappa shape index (κ3) is 8.32. The van der Waals surface area contributed by atoms with Gasteiger partial charge in [0.25, 0.3) is 10.0 Å². The minimum absolute atomic E-state index is 0.0131. The average molecular weight is 673 g/mol. The van der Waals surface area contributed by atoms with Crippen molar-refractivity contribution in [1.29, 1.82) is 0 Å². The number of halogens is 4. The molecule has 0 heterocycles. The topological polar surface area (TPSA) is 86.8 Å². The minimum Gasteiger partial charge on any atom is -0.352 e. The Morgan fingerprint density at radius 2 is 1.52 bits per heavy atom. The van der Waals surface area contributed by atoms with Crippen molar-refractivity contribution in [2.24, 2.45) is 0 Å². The minimum atomic E-state index is -4.25. The molecule has 3 rings (SSSR count). The Morgan fingerprint density at radius 1 is 0.857 bits per heavy atom. The Balaban J connectivity index is 2.11. The van der Waals surface area contributed by atoms with E-state index in [4.69, 9.17) is 46.4 Å². The van der Waals surface area contributed by atoms with E-state index >= 15 is 0 Å². The molecule has 0 saturated heterocycles. The van der Waals surface area contributed by atoms with Crippen LogP contribution in [0.25, 0.3) is 0 Å². The lowest BCUT2D eigenvalue weighted by molar-refractivity contribution is -0.140. The molecular formula is C30H33Cl4N3O4S. The van der Waals surface area contributed by atoms with Crippen LogP contribution in [0.4, 0.5) is 5.69 Å². The zero-order valence-electron chi connectivity index (χ0n) is 23.7. The highest BCUT2D eigenvalue weighted by Crippen LogP contribution is 2.31. The second-order valence-corrected chi connectivity index (χ2v) is 13.4. The Morgan fingerprint density at radius 3 is 2.10 bits per heavy atom. The molecule has 2 amide bonds. The SMILES string of the molecule is CCC(C)NC(=O)C(CC)N(Cc1ccc(Cl)cc1Cl)C(=O)CN(c1ccc(Cl)c(Cl)c1)S(=O)(=O)c1ccc(C)cc1. The lowest BCUT2D eigenvalue weighted by atomic mass is 10.1. The molecule has 3 aromatic rings. The standard InChI is InChI=1S/C30H33Cl4N3O4S/c1-5-20(4)35-30(39)28(6-2)36(17-21-9-10-22(31)15-26(21)33)29(38)18-37(23-11-14-25(32)27(34)16-23)42(40,41)24-12-7-19(3)8-13-24/h7-16,20,28H,5-6,17-18H2,1-4H3,(H,35,39). The number of anilines is 1. The maximum Gasteiger partial charge on any atom is 0.264 e. The fourth-order valence-corrected chi connectivity index (χ4v) is 6.37. The molecule has 2 unspecified atom stereocenters. The summed E-state index contributed by atoms with van der Waals surface area (Å²) in [4.78, 5) is 28.9. The molecular weight excluding hydrogens is 640 g/mol. The molecule has 226 valence electrons.